The maximum absolute atomic E-state index is 10.9. The van der Waals surface area contributed by atoms with Gasteiger partial charge in [0.1, 0.15) is 0 Å². The van der Waals surface area contributed by atoms with Crippen LogP contribution in [-0.4, -0.2) is 4.92 Å². The van der Waals surface area contributed by atoms with E-state index in [4.69, 9.17) is 0 Å². The van der Waals surface area contributed by atoms with E-state index in [9.17, 15) is 10.1 Å². The van der Waals surface area contributed by atoms with E-state index >= 15 is 0 Å². The Morgan fingerprint density at radius 1 is 1.11 bits per heavy atom. The quantitative estimate of drug-likeness (QED) is 0.499. The Balaban J connectivity index is 2.58. The van der Waals surface area contributed by atoms with Crippen molar-refractivity contribution >= 4 is 18.3 Å². The summed E-state index contributed by atoms with van der Waals surface area (Å²) in [5.74, 6) is 0. The molecule has 0 aliphatic carbocycles. The van der Waals surface area contributed by atoms with Crippen molar-refractivity contribution in [3.05, 3.63) is 57.6 Å². The van der Waals surface area contributed by atoms with Crippen molar-refractivity contribution in [3.8, 4) is 11.1 Å². The molecule has 0 saturated carbocycles. The second-order valence-corrected chi connectivity index (χ2v) is 4.76. The minimum Gasteiger partial charge on any atom is -0.258 e. The number of nitrogens with zero attached hydrogens (tertiary/aromatic N) is 1. The molecule has 18 heavy (non-hydrogen) atoms. The average molecular weight is 259 g/mol. The highest BCUT2D eigenvalue weighted by molar-refractivity contribution is 7.80. The van der Waals surface area contributed by atoms with Crippen molar-refractivity contribution in [2.24, 2.45) is 0 Å². The minimum atomic E-state index is -0.407. The van der Waals surface area contributed by atoms with Gasteiger partial charge in [0.15, 0.2) is 0 Å². The van der Waals surface area contributed by atoms with Gasteiger partial charge in [-0.05, 0) is 36.6 Å². The van der Waals surface area contributed by atoms with Crippen LogP contribution in [0.5, 0.6) is 0 Å². The number of nitro groups is 1. The fourth-order valence-electron chi connectivity index (χ4n) is 1.97. The fraction of sp³-hybridized carbons (Fsp3) is 0.143. The van der Waals surface area contributed by atoms with E-state index in [1.807, 2.05) is 32.0 Å². The summed E-state index contributed by atoms with van der Waals surface area (Å²) in [6.07, 6.45) is 0. The standard InChI is InChI=1S/C14H13NO2S/c1-9-3-5-12(10(2)7-9)11-4-6-14(18)13(8-11)15(16)17/h3-8,18H,1-2H3. The minimum absolute atomic E-state index is 0.0378. The van der Waals surface area contributed by atoms with Gasteiger partial charge in [-0.3, -0.25) is 10.1 Å². The maximum Gasteiger partial charge on any atom is 0.283 e. The molecule has 3 nitrogen and oxygen atoms in total. The van der Waals surface area contributed by atoms with Crippen LogP contribution >= 0.6 is 12.6 Å². The van der Waals surface area contributed by atoms with Crippen LogP contribution in [0.4, 0.5) is 5.69 Å². The van der Waals surface area contributed by atoms with Gasteiger partial charge in [0.2, 0.25) is 0 Å². The third-order valence-electron chi connectivity index (χ3n) is 2.87. The molecule has 2 aromatic rings. The van der Waals surface area contributed by atoms with Gasteiger partial charge in [-0.25, -0.2) is 0 Å². The lowest BCUT2D eigenvalue weighted by atomic mass is 9.98. The smallest absolute Gasteiger partial charge is 0.258 e. The highest BCUT2D eigenvalue weighted by Crippen LogP contribution is 2.31. The lowest BCUT2D eigenvalue weighted by Gasteiger charge is -2.07. The molecule has 0 amide bonds. The lowest BCUT2D eigenvalue weighted by Crippen LogP contribution is -1.91. The molecule has 0 heterocycles. The molecule has 0 N–H and O–H groups in total. The monoisotopic (exact) mass is 259 g/mol. The van der Waals surface area contributed by atoms with Gasteiger partial charge in [-0.2, -0.15) is 0 Å². The number of hydrogen-bond donors (Lipinski definition) is 1. The molecule has 0 saturated heterocycles. The number of thiol groups is 1. The van der Waals surface area contributed by atoms with E-state index in [1.165, 1.54) is 5.56 Å². The number of hydrogen-bond acceptors (Lipinski definition) is 3. The van der Waals surface area contributed by atoms with Crippen LogP contribution in [0.3, 0.4) is 0 Å². The Bertz CT molecular complexity index is 623. The van der Waals surface area contributed by atoms with Crippen molar-refractivity contribution in [2.75, 3.05) is 0 Å². The first-order valence-corrected chi connectivity index (χ1v) is 5.99. The molecular formula is C14H13NO2S. The van der Waals surface area contributed by atoms with Gasteiger partial charge < -0.3 is 0 Å². The highest BCUT2D eigenvalue weighted by Gasteiger charge is 2.13. The summed E-state index contributed by atoms with van der Waals surface area (Å²) in [5.41, 5.74) is 4.18. The average Bonchev–Trinajstić information content (AvgIpc) is 2.30. The van der Waals surface area contributed by atoms with Crippen molar-refractivity contribution in [1.29, 1.82) is 0 Å². The summed E-state index contributed by atoms with van der Waals surface area (Å²) in [5, 5.41) is 10.9. The molecule has 0 radical (unpaired) electrons. The normalized spacial score (nSPS) is 10.4. The fourth-order valence-corrected chi connectivity index (χ4v) is 2.20. The summed E-state index contributed by atoms with van der Waals surface area (Å²) in [6.45, 7) is 4.03. The van der Waals surface area contributed by atoms with Gasteiger partial charge in [-0.15, -0.1) is 12.6 Å². The first-order chi connectivity index (χ1) is 8.49. The molecule has 2 aromatic carbocycles. The topological polar surface area (TPSA) is 43.1 Å². The molecule has 0 bridgehead atoms. The van der Waals surface area contributed by atoms with E-state index in [0.717, 1.165) is 16.7 Å². The van der Waals surface area contributed by atoms with Gasteiger partial charge in [0.25, 0.3) is 5.69 Å². The van der Waals surface area contributed by atoms with E-state index in [2.05, 4.69) is 18.7 Å². The second kappa shape index (κ2) is 4.82. The van der Waals surface area contributed by atoms with Crippen LogP contribution in [0.15, 0.2) is 41.3 Å². The maximum atomic E-state index is 10.9. The Kier molecular flexibility index (Phi) is 3.39. The van der Waals surface area contributed by atoms with E-state index in [0.29, 0.717) is 4.90 Å². The molecule has 0 atom stereocenters. The number of nitro benzene ring substituents is 1. The zero-order chi connectivity index (χ0) is 13.3. The lowest BCUT2D eigenvalue weighted by molar-refractivity contribution is -0.387. The molecule has 2 rings (SSSR count). The van der Waals surface area contributed by atoms with Gasteiger partial charge in [0.05, 0.1) is 9.82 Å². The van der Waals surface area contributed by atoms with Crippen molar-refractivity contribution in [3.63, 3.8) is 0 Å². The first-order valence-electron chi connectivity index (χ1n) is 5.54. The summed E-state index contributed by atoms with van der Waals surface area (Å²) >= 11 is 4.10. The Morgan fingerprint density at radius 2 is 1.83 bits per heavy atom. The van der Waals surface area contributed by atoms with E-state index in [-0.39, 0.29) is 5.69 Å². The third kappa shape index (κ3) is 2.38. The summed E-state index contributed by atoms with van der Waals surface area (Å²) in [4.78, 5) is 10.9. The van der Waals surface area contributed by atoms with Crippen LogP contribution in [0.2, 0.25) is 0 Å². The third-order valence-corrected chi connectivity index (χ3v) is 3.24. The van der Waals surface area contributed by atoms with Crippen LogP contribution in [-0.2, 0) is 0 Å². The molecular weight excluding hydrogens is 246 g/mol. The Hall–Kier alpha value is -1.81. The molecule has 0 aliphatic heterocycles. The molecule has 0 aromatic heterocycles. The number of aryl methyl sites for hydroxylation is 2. The van der Waals surface area contributed by atoms with Crippen LogP contribution in [0.25, 0.3) is 11.1 Å². The Labute approximate surface area is 111 Å². The molecule has 92 valence electrons. The van der Waals surface area contributed by atoms with Gasteiger partial charge in [-0.1, -0.05) is 29.8 Å². The van der Waals surface area contributed by atoms with Crippen LogP contribution in [0, 0.1) is 24.0 Å². The van der Waals surface area contributed by atoms with Crippen LogP contribution in [0.1, 0.15) is 11.1 Å². The zero-order valence-corrected chi connectivity index (χ0v) is 11.1. The number of rotatable bonds is 2. The van der Waals surface area contributed by atoms with Crippen molar-refractivity contribution in [1.82, 2.24) is 0 Å². The summed E-state index contributed by atoms with van der Waals surface area (Å²) in [6, 6.07) is 11.1. The molecule has 0 spiro atoms. The van der Waals surface area contributed by atoms with Crippen molar-refractivity contribution in [2.45, 2.75) is 18.7 Å². The summed E-state index contributed by atoms with van der Waals surface area (Å²) < 4.78 is 0. The summed E-state index contributed by atoms with van der Waals surface area (Å²) in [7, 11) is 0. The van der Waals surface area contributed by atoms with E-state index < -0.39 is 4.92 Å². The number of benzene rings is 2. The predicted molar refractivity (Wildman–Crippen MR) is 75.3 cm³/mol. The zero-order valence-electron chi connectivity index (χ0n) is 10.2. The predicted octanol–water partition coefficient (Wildman–Crippen LogP) is 4.17. The Morgan fingerprint density at radius 3 is 2.44 bits per heavy atom. The first kappa shape index (κ1) is 12.6. The molecule has 0 unspecified atom stereocenters. The molecule has 0 fully saturated rings. The van der Waals surface area contributed by atoms with Crippen molar-refractivity contribution < 1.29 is 4.92 Å². The van der Waals surface area contributed by atoms with Gasteiger partial charge >= 0.3 is 0 Å². The van der Waals surface area contributed by atoms with Gasteiger partial charge in [0, 0.05) is 6.07 Å². The molecule has 4 heteroatoms. The SMILES string of the molecule is Cc1ccc(-c2ccc(S)c([N+](=O)[O-])c2)c(C)c1. The van der Waals surface area contributed by atoms with E-state index in [1.54, 1.807) is 12.1 Å². The highest BCUT2D eigenvalue weighted by atomic mass is 32.1. The largest absolute Gasteiger partial charge is 0.283 e. The molecule has 0 aliphatic rings. The second-order valence-electron chi connectivity index (χ2n) is 4.28. The van der Waals surface area contributed by atoms with Crippen LogP contribution < -0.4 is 0 Å².